The molecule has 120 valence electrons. The van der Waals surface area contributed by atoms with Crippen molar-refractivity contribution in [3.8, 4) is 0 Å². The quantitative estimate of drug-likeness (QED) is 0.843. The maximum absolute atomic E-state index is 12.1. The molecule has 1 saturated carbocycles. The molecule has 5 nitrogen and oxygen atoms in total. The zero-order valence-corrected chi connectivity index (χ0v) is 13.2. The van der Waals surface area contributed by atoms with Gasteiger partial charge in [-0.25, -0.2) is 0 Å². The van der Waals surface area contributed by atoms with Crippen LogP contribution in [0.5, 0.6) is 0 Å². The van der Waals surface area contributed by atoms with Gasteiger partial charge in [-0.05, 0) is 37.0 Å². The predicted molar refractivity (Wildman–Crippen MR) is 82.7 cm³/mol. The monoisotopic (exact) mass is 325 g/mol. The molecule has 1 fully saturated rings. The minimum absolute atomic E-state index is 0.104. The summed E-state index contributed by atoms with van der Waals surface area (Å²) in [6.45, 7) is 0.337. The van der Waals surface area contributed by atoms with Crippen molar-refractivity contribution in [3.05, 3.63) is 34.9 Å². The molecule has 6 heteroatoms. The lowest BCUT2D eigenvalue weighted by molar-refractivity contribution is -0.141. The van der Waals surface area contributed by atoms with Gasteiger partial charge in [-0.2, -0.15) is 0 Å². The Bertz CT molecular complexity index is 549. The molecule has 1 aromatic rings. The van der Waals surface area contributed by atoms with Gasteiger partial charge in [0.1, 0.15) is 0 Å². The molecule has 1 aliphatic rings. The Kier molecular flexibility index (Phi) is 5.80. The number of hydrogen-bond donors (Lipinski definition) is 2. The molecular formula is C16H20ClNO4. The van der Waals surface area contributed by atoms with Crippen LogP contribution < -0.4 is 5.32 Å². The third kappa shape index (κ3) is 4.21. The number of nitrogens with one attached hydrogen (secondary N) is 1. The minimum Gasteiger partial charge on any atom is -0.481 e. The van der Waals surface area contributed by atoms with Gasteiger partial charge in [0.25, 0.3) is 0 Å². The number of carboxylic acid groups (broad SMARTS) is 1. The van der Waals surface area contributed by atoms with E-state index in [4.69, 9.17) is 21.4 Å². The summed E-state index contributed by atoms with van der Waals surface area (Å²) in [4.78, 5) is 23.1. The van der Waals surface area contributed by atoms with Gasteiger partial charge in [-0.3, -0.25) is 9.59 Å². The van der Waals surface area contributed by atoms with Gasteiger partial charge in [-0.15, -0.1) is 0 Å². The molecule has 22 heavy (non-hydrogen) atoms. The van der Waals surface area contributed by atoms with Crippen LogP contribution in [0, 0.1) is 11.8 Å². The van der Waals surface area contributed by atoms with Crippen LogP contribution in [-0.2, 0) is 14.3 Å². The Morgan fingerprint density at radius 3 is 2.73 bits per heavy atom. The fourth-order valence-corrected chi connectivity index (χ4v) is 3.02. The van der Waals surface area contributed by atoms with Gasteiger partial charge in [0.05, 0.1) is 12.0 Å². The molecule has 3 atom stereocenters. The van der Waals surface area contributed by atoms with E-state index in [1.54, 1.807) is 19.2 Å². The highest BCUT2D eigenvalue weighted by molar-refractivity contribution is 6.30. The summed E-state index contributed by atoms with van der Waals surface area (Å²) >= 11 is 5.96. The number of carboxylic acids is 1. The smallest absolute Gasteiger partial charge is 0.306 e. The highest BCUT2D eigenvalue weighted by Crippen LogP contribution is 2.31. The van der Waals surface area contributed by atoms with Gasteiger partial charge in [0, 0.05) is 24.6 Å². The van der Waals surface area contributed by atoms with Gasteiger partial charge < -0.3 is 15.2 Å². The van der Waals surface area contributed by atoms with E-state index in [1.165, 1.54) is 0 Å². The molecule has 1 aromatic carbocycles. The minimum atomic E-state index is -0.816. The van der Waals surface area contributed by atoms with Gasteiger partial charge in [0.15, 0.2) is 0 Å². The van der Waals surface area contributed by atoms with E-state index in [0.717, 1.165) is 5.56 Å². The molecular weight excluding hydrogens is 306 g/mol. The van der Waals surface area contributed by atoms with E-state index in [9.17, 15) is 9.59 Å². The highest BCUT2D eigenvalue weighted by atomic mass is 35.5. The number of halogens is 1. The van der Waals surface area contributed by atoms with Crippen LogP contribution in [0.15, 0.2) is 24.3 Å². The number of ether oxygens (including phenoxy) is 1. The van der Waals surface area contributed by atoms with Crippen LogP contribution in [0.2, 0.25) is 5.02 Å². The van der Waals surface area contributed by atoms with Crippen LogP contribution in [0.4, 0.5) is 0 Å². The van der Waals surface area contributed by atoms with Crippen molar-refractivity contribution in [1.29, 1.82) is 0 Å². The summed E-state index contributed by atoms with van der Waals surface area (Å²) in [5, 5.41) is 12.4. The topological polar surface area (TPSA) is 75.6 Å². The van der Waals surface area contributed by atoms with Gasteiger partial charge >= 0.3 is 5.97 Å². The zero-order chi connectivity index (χ0) is 16.1. The summed E-state index contributed by atoms with van der Waals surface area (Å²) in [6.07, 6.45) is 1.32. The summed E-state index contributed by atoms with van der Waals surface area (Å²) in [7, 11) is 1.58. The van der Waals surface area contributed by atoms with Gasteiger partial charge in [0.2, 0.25) is 5.91 Å². The highest BCUT2D eigenvalue weighted by Gasteiger charge is 2.33. The lowest BCUT2D eigenvalue weighted by atomic mass is 10.0. The van der Waals surface area contributed by atoms with Crippen LogP contribution in [-0.4, -0.2) is 30.6 Å². The Morgan fingerprint density at radius 2 is 2.14 bits per heavy atom. The van der Waals surface area contributed by atoms with Crippen molar-refractivity contribution in [3.63, 3.8) is 0 Å². The summed E-state index contributed by atoms with van der Waals surface area (Å²) in [5.74, 6) is -1.54. The molecule has 0 spiro atoms. The Labute approximate surface area is 134 Å². The van der Waals surface area contributed by atoms with Crippen LogP contribution >= 0.6 is 11.6 Å². The van der Waals surface area contributed by atoms with E-state index < -0.39 is 11.9 Å². The van der Waals surface area contributed by atoms with Crippen molar-refractivity contribution < 1.29 is 19.4 Å². The van der Waals surface area contributed by atoms with E-state index in [-0.39, 0.29) is 17.9 Å². The predicted octanol–water partition coefficient (Wildman–Crippen LogP) is 2.64. The molecule has 0 saturated heterocycles. The number of aliphatic carboxylic acids is 1. The normalized spacial score (nSPS) is 22.3. The number of carbonyl (C=O) groups is 2. The Morgan fingerprint density at radius 1 is 1.41 bits per heavy atom. The Hall–Kier alpha value is -1.59. The van der Waals surface area contributed by atoms with Crippen molar-refractivity contribution in [2.75, 3.05) is 13.7 Å². The van der Waals surface area contributed by atoms with Crippen molar-refractivity contribution in [2.24, 2.45) is 11.8 Å². The number of amides is 1. The molecule has 0 aliphatic heterocycles. The SMILES string of the molecule is COC(CNC(=O)[C@@H]1CC[C@H](C(=O)O)C1)c1cccc(Cl)c1. The second-order valence-corrected chi connectivity index (χ2v) is 6.01. The second kappa shape index (κ2) is 7.61. The first kappa shape index (κ1) is 16.8. The van der Waals surface area contributed by atoms with Crippen molar-refractivity contribution >= 4 is 23.5 Å². The molecule has 0 bridgehead atoms. The number of methoxy groups -OCH3 is 1. The first-order chi connectivity index (χ1) is 10.5. The van der Waals surface area contributed by atoms with E-state index in [1.807, 2.05) is 12.1 Å². The van der Waals surface area contributed by atoms with Crippen LogP contribution in [0.1, 0.15) is 30.9 Å². The maximum Gasteiger partial charge on any atom is 0.306 e. The molecule has 2 N–H and O–H groups in total. The third-order valence-corrected chi connectivity index (χ3v) is 4.35. The third-order valence-electron chi connectivity index (χ3n) is 4.12. The fourth-order valence-electron chi connectivity index (χ4n) is 2.83. The average molecular weight is 326 g/mol. The average Bonchev–Trinajstić information content (AvgIpc) is 2.98. The standard InChI is InChI=1S/C16H20ClNO4/c1-22-14(10-3-2-4-13(17)8-10)9-18-15(19)11-5-6-12(7-11)16(20)21/h2-4,8,11-12,14H,5-7,9H2,1H3,(H,18,19)(H,20,21)/t11-,12+,14?/m1/s1. The largest absolute Gasteiger partial charge is 0.481 e. The zero-order valence-electron chi connectivity index (χ0n) is 12.4. The molecule has 1 unspecified atom stereocenters. The lowest BCUT2D eigenvalue weighted by Crippen LogP contribution is -2.33. The molecule has 0 radical (unpaired) electrons. The first-order valence-electron chi connectivity index (χ1n) is 7.30. The summed E-state index contributed by atoms with van der Waals surface area (Å²) in [5.41, 5.74) is 0.894. The van der Waals surface area contributed by atoms with E-state index in [2.05, 4.69) is 5.32 Å². The van der Waals surface area contributed by atoms with Crippen molar-refractivity contribution in [2.45, 2.75) is 25.4 Å². The summed E-state index contributed by atoms with van der Waals surface area (Å²) < 4.78 is 5.40. The molecule has 2 rings (SSSR count). The van der Waals surface area contributed by atoms with Crippen LogP contribution in [0.3, 0.4) is 0 Å². The second-order valence-electron chi connectivity index (χ2n) is 5.57. The van der Waals surface area contributed by atoms with Gasteiger partial charge in [-0.1, -0.05) is 23.7 Å². The summed E-state index contributed by atoms with van der Waals surface area (Å²) in [6, 6.07) is 7.31. The molecule has 0 aromatic heterocycles. The molecule has 0 heterocycles. The molecule has 1 aliphatic carbocycles. The first-order valence-corrected chi connectivity index (χ1v) is 7.67. The number of rotatable bonds is 6. The maximum atomic E-state index is 12.1. The van der Waals surface area contributed by atoms with Crippen LogP contribution in [0.25, 0.3) is 0 Å². The lowest BCUT2D eigenvalue weighted by Gasteiger charge is -2.18. The number of hydrogen-bond acceptors (Lipinski definition) is 3. The van der Waals surface area contributed by atoms with Crippen molar-refractivity contribution in [1.82, 2.24) is 5.32 Å². The molecule has 1 amide bonds. The Balaban J connectivity index is 1.88. The fraction of sp³-hybridized carbons (Fsp3) is 0.500. The van der Waals surface area contributed by atoms with E-state index in [0.29, 0.717) is 30.8 Å². The number of benzene rings is 1. The number of carbonyl (C=O) groups excluding carboxylic acids is 1. The van der Waals surface area contributed by atoms with E-state index >= 15 is 0 Å².